The highest BCUT2D eigenvalue weighted by Crippen LogP contribution is 2.55. The first kappa shape index (κ1) is 15.3. The fourth-order valence-electron chi connectivity index (χ4n) is 5.51. The van der Waals surface area contributed by atoms with Crippen molar-refractivity contribution in [3.63, 3.8) is 0 Å². The van der Waals surface area contributed by atoms with E-state index in [1.165, 1.54) is 38.5 Å². The van der Waals surface area contributed by atoms with Crippen molar-refractivity contribution in [3.05, 3.63) is 28.8 Å². The van der Waals surface area contributed by atoms with Crippen LogP contribution in [-0.2, 0) is 4.79 Å². The van der Waals surface area contributed by atoms with E-state index in [1.807, 2.05) is 19.1 Å². The van der Waals surface area contributed by atoms with Crippen LogP contribution < -0.4 is 10.1 Å². The lowest BCUT2D eigenvalue weighted by molar-refractivity contribution is -0.128. The van der Waals surface area contributed by atoms with Crippen molar-refractivity contribution in [1.29, 1.82) is 0 Å². The van der Waals surface area contributed by atoms with E-state index >= 15 is 0 Å². The number of nitrogens with one attached hydrogen (secondary N) is 1. The Bertz CT molecular complexity index is 593. The molecular formula is C19H24ClNO2. The number of carbonyl (C=O) groups is 1. The number of rotatable bonds is 4. The molecule has 0 unspecified atom stereocenters. The van der Waals surface area contributed by atoms with Gasteiger partial charge < -0.3 is 10.1 Å². The summed E-state index contributed by atoms with van der Waals surface area (Å²) in [4.78, 5) is 12.4. The van der Waals surface area contributed by atoms with Gasteiger partial charge >= 0.3 is 0 Å². The maximum atomic E-state index is 12.4. The van der Waals surface area contributed by atoms with E-state index in [2.05, 4.69) is 5.32 Å². The molecule has 4 bridgehead atoms. The number of aryl methyl sites for hydroxylation is 1. The molecule has 0 aliphatic heterocycles. The summed E-state index contributed by atoms with van der Waals surface area (Å²) in [5.41, 5.74) is 1.02. The van der Waals surface area contributed by atoms with Gasteiger partial charge in [-0.05, 0) is 87.0 Å². The molecule has 3 nitrogen and oxygen atoms in total. The monoisotopic (exact) mass is 333 g/mol. The standard InChI is InChI=1S/C19H24ClNO2/c1-12-4-16(20)2-3-17(12)23-11-18(22)21-19-8-13-5-14(9-19)7-15(6-13)10-19/h2-4,13-15H,5-11H2,1H3,(H,21,22). The normalized spacial score (nSPS) is 34.4. The lowest BCUT2D eigenvalue weighted by Gasteiger charge is -2.56. The molecule has 124 valence electrons. The third-order valence-electron chi connectivity index (χ3n) is 5.94. The van der Waals surface area contributed by atoms with Gasteiger partial charge in [-0.15, -0.1) is 0 Å². The largest absolute Gasteiger partial charge is 0.484 e. The van der Waals surface area contributed by atoms with E-state index in [-0.39, 0.29) is 18.1 Å². The van der Waals surface area contributed by atoms with Gasteiger partial charge in [0.15, 0.2) is 6.61 Å². The summed E-state index contributed by atoms with van der Waals surface area (Å²) in [7, 11) is 0. The molecule has 0 spiro atoms. The molecule has 1 aromatic rings. The third-order valence-corrected chi connectivity index (χ3v) is 6.17. The van der Waals surface area contributed by atoms with E-state index in [0.717, 1.165) is 29.1 Å². The van der Waals surface area contributed by atoms with Crippen LogP contribution in [0.15, 0.2) is 18.2 Å². The molecule has 4 aliphatic rings. The lowest BCUT2D eigenvalue weighted by Crippen LogP contribution is -2.60. The number of amides is 1. The summed E-state index contributed by atoms with van der Waals surface area (Å²) in [6.45, 7) is 2.03. The molecule has 4 aliphatic carbocycles. The third kappa shape index (κ3) is 3.08. The van der Waals surface area contributed by atoms with Crippen molar-refractivity contribution < 1.29 is 9.53 Å². The number of benzene rings is 1. The Morgan fingerprint density at radius 2 is 1.83 bits per heavy atom. The average Bonchev–Trinajstić information content (AvgIpc) is 2.44. The van der Waals surface area contributed by atoms with E-state index in [4.69, 9.17) is 16.3 Å². The quantitative estimate of drug-likeness (QED) is 0.900. The maximum absolute atomic E-state index is 12.4. The Labute approximate surface area is 142 Å². The van der Waals surface area contributed by atoms with Gasteiger partial charge in [-0.3, -0.25) is 4.79 Å². The van der Waals surface area contributed by atoms with Crippen molar-refractivity contribution in [3.8, 4) is 5.75 Å². The SMILES string of the molecule is Cc1cc(Cl)ccc1OCC(=O)NC12CC3CC(CC(C3)C1)C2. The number of hydrogen-bond acceptors (Lipinski definition) is 2. The second-order valence-electron chi connectivity index (χ2n) is 7.94. The molecule has 0 heterocycles. The minimum atomic E-state index is 0.0151. The lowest BCUT2D eigenvalue weighted by atomic mass is 9.53. The molecule has 4 heteroatoms. The topological polar surface area (TPSA) is 38.3 Å². The zero-order valence-electron chi connectivity index (χ0n) is 13.6. The summed E-state index contributed by atoms with van der Waals surface area (Å²) in [5, 5.41) is 4.02. The molecule has 5 rings (SSSR count). The highest BCUT2D eigenvalue weighted by atomic mass is 35.5. The van der Waals surface area contributed by atoms with Crippen LogP contribution in [0.2, 0.25) is 5.02 Å². The van der Waals surface area contributed by atoms with Gasteiger partial charge in [0.2, 0.25) is 0 Å². The first-order chi connectivity index (χ1) is 11.0. The van der Waals surface area contributed by atoms with E-state index < -0.39 is 0 Å². The van der Waals surface area contributed by atoms with Crippen LogP contribution in [0.1, 0.15) is 44.1 Å². The average molecular weight is 334 g/mol. The Balaban J connectivity index is 1.37. The number of carbonyl (C=O) groups excluding carboxylic acids is 1. The highest BCUT2D eigenvalue weighted by Gasteiger charge is 2.51. The highest BCUT2D eigenvalue weighted by molar-refractivity contribution is 6.30. The van der Waals surface area contributed by atoms with Crippen LogP contribution in [0.5, 0.6) is 5.75 Å². The summed E-state index contributed by atoms with van der Waals surface area (Å²) in [5.74, 6) is 3.25. The predicted molar refractivity (Wildman–Crippen MR) is 90.7 cm³/mol. The molecule has 1 N–H and O–H groups in total. The van der Waals surface area contributed by atoms with Gasteiger partial charge in [-0.2, -0.15) is 0 Å². The van der Waals surface area contributed by atoms with Gasteiger partial charge in [0.25, 0.3) is 5.91 Å². The van der Waals surface area contributed by atoms with Gasteiger partial charge in [0.1, 0.15) is 5.75 Å². The summed E-state index contributed by atoms with van der Waals surface area (Å²) in [6.07, 6.45) is 7.67. The zero-order valence-corrected chi connectivity index (χ0v) is 14.4. The minimum absolute atomic E-state index is 0.0151. The second-order valence-corrected chi connectivity index (χ2v) is 8.38. The van der Waals surface area contributed by atoms with E-state index in [9.17, 15) is 4.79 Å². The first-order valence-electron chi connectivity index (χ1n) is 8.71. The number of ether oxygens (including phenoxy) is 1. The fourth-order valence-corrected chi connectivity index (χ4v) is 5.74. The molecular weight excluding hydrogens is 310 g/mol. The summed E-state index contributed by atoms with van der Waals surface area (Å²) in [6, 6.07) is 5.48. The second kappa shape index (κ2) is 5.70. The van der Waals surface area contributed by atoms with E-state index in [1.54, 1.807) is 6.07 Å². The molecule has 1 aromatic carbocycles. The van der Waals surface area contributed by atoms with E-state index in [0.29, 0.717) is 5.02 Å². The molecule has 0 saturated heterocycles. The van der Waals surface area contributed by atoms with Crippen molar-refractivity contribution >= 4 is 17.5 Å². The molecule has 1 amide bonds. The first-order valence-corrected chi connectivity index (χ1v) is 9.09. The minimum Gasteiger partial charge on any atom is -0.484 e. The summed E-state index contributed by atoms with van der Waals surface area (Å²) < 4.78 is 5.70. The zero-order chi connectivity index (χ0) is 16.0. The van der Waals surface area contributed by atoms with Crippen molar-refractivity contribution in [2.24, 2.45) is 17.8 Å². The Kier molecular flexibility index (Phi) is 3.79. The van der Waals surface area contributed by atoms with Gasteiger partial charge in [0, 0.05) is 10.6 Å². The molecule has 23 heavy (non-hydrogen) atoms. The molecule has 0 radical (unpaired) electrons. The van der Waals surface area contributed by atoms with Crippen molar-refractivity contribution in [2.75, 3.05) is 6.61 Å². The van der Waals surface area contributed by atoms with Gasteiger partial charge in [0.05, 0.1) is 0 Å². The maximum Gasteiger partial charge on any atom is 0.258 e. The molecule has 0 aromatic heterocycles. The van der Waals surface area contributed by atoms with Crippen LogP contribution in [0, 0.1) is 24.7 Å². The summed E-state index contributed by atoms with van der Waals surface area (Å²) >= 11 is 5.95. The molecule has 4 fully saturated rings. The number of halogens is 1. The number of hydrogen-bond donors (Lipinski definition) is 1. The van der Waals surface area contributed by atoms with Crippen LogP contribution in [0.4, 0.5) is 0 Å². The Morgan fingerprint density at radius 1 is 1.22 bits per heavy atom. The molecule has 4 saturated carbocycles. The fraction of sp³-hybridized carbons (Fsp3) is 0.632. The van der Waals surface area contributed by atoms with Crippen LogP contribution in [-0.4, -0.2) is 18.1 Å². The van der Waals surface area contributed by atoms with Crippen molar-refractivity contribution in [2.45, 2.75) is 51.0 Å². The van der Waals surface area contributed by atoms with Crippen molar-refractivity contribution in [1.82, 2.24) is 5.32 Å². The van der Waals surface area contributed by atoms with Gasteiger partial charge in [-0.1, -0.05) is 11.6 Å². The van der Waals surface area contributed by atoms with Crippen LogP contribution in [0.3, 0.4) is 0 Å². The molecule has 0 atom stereocenters. The smallest absolute Gasteiger partial charge is 0.258 e. The Morgan fingerprint density at radius 3 is 2.39 bits per heavy atom. The van der Waals surface area contributed by atoms with Crippen LogP contribution >= 0.6 is 11.6 Å². The van der Waals surface area contributed by atoms with Gasteiger partial charge in [-0.25, -0.2) is 0 Å². The van der Waals surface area contributed by atoms with Crippen LogP contribution in [0.25, 0.3) is 0 Å². The Hall–Kier alpha value is -1.22. The predicted octanol–water partition coefficient (Wildman–Crippen LogP) is 4.11.